The quantitative estimate of drug-likeness (QED) is 0.0213. The van der Waals surface area contributed by atoms with Crippen molar-refractivity contribution in [2.24, 2.45) is 5.41 Å². The van der Waals surface area contributed by atoms with E-state index in [4.69, 9.17) is 42.6 Å². The van der Waals surface area contributed by atoms with Crippen molar-refractivity contribution in [3.8, 4) is 34.5 Å². The molecule has 0 amide bonds. The second-order valence-corrected chi connectivity index (χ2v) is 16.0. The molecule has 1 fully saturated rings. The maximum absolute atomic E-state index is 13.3. The molecule has 0 aromatic heterocycles. The highest BCUT2D eigenvalue weighted by Crippen LogP contribution is 2.34. The van der Waals surface area contributed by atoms with E-state index >= 15 is 0 Å². The van der Waals surface area contributed by atoms with Crippen LogP contribution in [0.4, 0.5) is 0 Å². The van der Waals surface area contributed by atoms with Crippen LogP contribution < -0.4 is 28.4 Å². The highest BCUT2D eigenvalue weighted by atomic mass is 16.6. The van der Waals surface area contributed by atoms with Crippen LogP contribution in [0.5, 0.6) is 34.5 Å². The fourth-order valence-corrected chi connectivity index (χ4v) is 6.97. The predicted molar refractivity (Wildman–Crippen MR) is 248 cm³/mol. The first kappa shape index (κ1) is 48.7. The average Bonchev–Trinajstić information content (AvgIpc) is 3.33. The van der Waals surface area contributed by atoms with Crippen molar-refractivity contribution in [3.63, 3.8) is 0 Å². The summed E-state index contributed by atoms with van der Waals surface area (Å²) in [5.41, 5.74) is 1.22. The summed E-state index contributed by atoms with van der Waals surface area (Å²) in [5, 5.41) is 1.48. The fourth-order valence-electron chi connectivity index (χ4n) is 6.97. The molecule has 0 atom stereocenters. The highest BCUT2D eigenvalue weighted by molar-refractivity contribution is 5.97. The molecule has 13 heteroatoms. The summed E-state index contributed by atoms with van der Waals surface area (Å²) < 4.78 is 50.2. The molecule has 0 N–H and O–H groups in total. The number of rotatable bonds is 27. The van der Waals surface area contributed by atoms with E-state index < -0.39 is 23.9 Å². The van der Waals surface area contributed by atoms with Gasteiger partial charge in [0.25, 0.3) is 0 Å². The van der Waals surface area contributed by atoms with Gasteiger partial charge in [-0.05, 0) is 147 Å². The van der Waals surface area contributed by atoms with Gasteiger partial charge in [0, 0.05) is 24.2 Å². The first-order valence-electron chi connectivity index (χ1n) is 22.5. The van der Waals surface area contributed by atoms with Crippen LogP contribution in [0.15, 0.2) is 116 Å². The lowest BCUT2D eigenvalue weighted by Gasteiger charge is -2.40. The number of carbonyl (C=O) groups excluding carboxylic acids is 4. The number of hydrogen-bond acceptors (Lipinski definition) is 13. The normalized spacial score (nSPS) is 12.6. The minimum atomic E-state index is -0.627. The van der Waals surface area contributed by atoms with Gasteiger partial charge >= 0.3 is 23.9 Å². The molecule has 1 saturated heterocycles. The molecule has 13 nitrogen and oxygen atoms in total. The molecule has 1 aliphatic rings. The predicted octanol–water partition coefficient (Wildman–Crippen LogP) is 10.6. The molecule has 0 unspecified atom stereocenters. The van der Waals surface area contributed by atoms with Crippen molar-refractivity contribution < 1.29 is 61.8 Å². The molecule has 1 aliphatic heterocycles. The Balaban J connectivity index is 0.904. The van der Waals surface area contributed by atoms with Crippen LogP contribution in [0.2, 0.25) is 0 Å². The molecular formula is C53H58O13. The summed E-state index contributed by atoms with van der Waals surface area (Å²) in [5.74, 6) is 0.0453. The van der Waals surface area contributed by atoms with Crippen LogP contribution in [0, 0.1) is 5.41 Å². The van der Waals surface area contributed by atoms with Gasteiger partial charge in [-0.2, -0.15) is 0 Å². The largest absolute Gasteiger partial charge is 0.494 e. The van der Waals surface area contributed by atoms with Crippen LogP contribution in [0.25, 0.3) is 10.8 Å². The Morgan fingerprint density at radius 2 is 1.06 bits per heavy atom. The third-order valence-electron chi connectivity index (χ3n) is 11.1. The highest BCUT2D eigenvalue weighted by Gasteiger charge is 2.36. The molecule has 0 saturated carbocycles. The molecule has 6 rings (SSSR count). The van der Waals surface area contributed by atoms with Crippen LogP contribution in [-0.2, 0) is 19.0 Å². The van der Waals surface area contributed by atoms with E-state index in [0.29, 0.717) is 48.2 Å². The van der Waals surface area contributed by atoms with Gasteiger partial charge in [0.1, 0.15) is 23.0 Å². The van der Waals surface area contributed by atoms with Crippen LogP contribution >= 0.6 is 0 Å². The first-order valence-corrected chi connectivity index (χ1v) is 22.5. The lowest BCUT2D eigenvalue weighted by Crippen LogP contribution is -2.45. The standard InChI is InChI=1S/C53H58O13/c1-4-49(54)63-31-13-9-8-12-30-62-44-23-18-39(19-24-44)51(56)65-46-26-27-47(48(34-46)58-3)66-52(57)42-15-14-41-33-45(25-20-40(41)32-42)64-50(55)38-16-21-43(22-17-38)61-29-11-7-6-10-28-59-35-53(5-2)36-60-37-53/h4,14-27,32-34H,1,5-13,28-31,35-37H2,2-3H3. The van der Waals surface area contributed by atoms with Gasteiger partial charge in [-0.15, -0.1) is 0 Å². The molecule has 0 aliphatic carbocycles. The second kappa shape index (κ2) is 25.1. The van der Waals surface area contributed by atoms with Gasteiger partial charge in [0.15, 0.2) is 11.5 Å². The van der Waals surface area contributed by atoms with Crippen LogP contribution in [-0.4, -0.2) is 77.2 Å². The van der Waals surface area contributed by atoms with Crippen molar-refractivity contribution in [1.82, 2.24) is 0 Å². The number of carbonyl (C=O) groups is 4. The summed E-state index contributed by atoms with van der Waals surface area (Å²) >= 11 is 0. The lowest BCUT2D eigenvalue weighted by molar-refractivity contribution is -0.150. The minimum Gasteiger partial charge on any atom is -0.494 e. The summed E-state index contributed by atoms with van der Waals surface area (Å²) in [6.45, 7) is 10.2. The third kappa shape index (κ3) is 14.7. The molecule has 5 aromatic carbocycles. The van der Waals surface area contributed by atoms with Gasteiger partial charge in [-0.3, -0.25) is 0 Å². The summed E-state index contributed by atoms with van der Waals surface area (Å²) in [6.07, 6.45) is 9.78. The molecular weight excluding hydrogens is 845 g/mol. The van der Waals surface area contributed by atoms with Gasteiger partial charge in [-0.1, -0.05) is 32.1 Å². The van der Waals surface area contributed by atoms with E-state index in [1.807, 2.05) is 0 Å². The van der Waals surface area contributed by atoms with E-state index in [1.165, 1.54) is 25.3 Å². The smallest absolute Gasteiger partial charge is 0.343 e. The van der Waals surface area contributed by atoms with Gasteiger partial charge in [0.2, 0.25) is 0 Å². The Bertz CT molecular complexity index is 2380. The molecule has 1 heterocycles. The van der Waals surface area contributed by atoms with Crippen LogP contribution in [0.3, 0.4) is 0 Å². The summed E-state index contributed by atoms with van der Waals surface area (Å²) in [6, 6.07) is 28.1. The van der Waals surface area contributed by atoms with Gasteiger partial charge < -0.3 is 42.6 Å². The number of methoxy groups -OCH3 is 1. The molecule has 0 bridgehead atoms. The maximum atomic E-state index is 13.3. The SMILES string of the molecule is C=CC(=O)OCCCCCCOc1ccc(C(=O)Oc2ccc(OC(=O)c3ccc4cc(OC(=O)c5ccc(OCCCCCCOCC6(CC)COC6)cc5)ccc4c3)c(OC)c2)cc1. The maximum Gasteiger partial charge on any atom is 0.343 e. The topological polar surface area (TPSA) is 151 Å². The number of ether oxygens (including phenoxy) is 9. The second-order valence-electron chi connectivity index (χ2n) is 16.0. The van der Waals surface area contributed by atoms with Crippen molar-refractivity contribution in [2.45, 2.75) is 64.7 Å². The fraction of sp³-hybridized carbons (Fsp3) is 0.358. The van der Waals surface area contributed by atoms with Crippen molar-refractivity contribution in [3.05, 3.63) is 132 Å². The zero-order chi connectivity index (χ0) is 46.6. The van der Waals surface area contributed by atoms with E-state index in [9.17, 15) is 19.2 Å². The number of unbranched alkanes of at least 4 members (excludes halogenated alkanes) is 6. The van der Waals surface area contributed by atoms with E-state index in [2.05, 4.69) is 13.5 Å². The molecule has 0 spiro atoms. The Morgan fingerprint density at radius 1 is 0.561 bits per heavy atom. The lowest BCUT2D eigenvalue weighted by atomic mass is 9.84. The van der Waals surface area contributed by atoms with E-state index in [0.717, 1.165) is 101 Å². The zero-order valence-corrected chi connectivity index (χ0v) is 37.7. The Hall–Kier alpha value is -6.70. The first-order chi connectivity index (χ1) is 32.2. The minimum absolute atomic E-state index is 0.134. The summed E-state index contributed by atoms with van der Waals surface area (Å²) in [7, 11) is 1.42. The number of fused-ring (bicyclic) bond motifs is 1. The number of benzene rings is 5. The molecule has 0 radical (unpaired) electrons. The van der Waals surface area contributed by atoms with Gasteiger partial charge in [-0.25, -0.2) is 19.2 Å². The molecule has 5 aromatic rings. The third-order valence-corrected chi connectivity index (χ3v) is 11.1. The number of esters is 4. The monoisotopic (exact) mass is 902 g/mol. The van der Waals surface area contributed by atoms with E-state index in [-0.39, 0.29) is 28.2 Å². The van der Waals surface area contributed by atoms with Gasteiger partial charge in [0.05, 0.1) is 63.4 Å². The van der Waals surface area contributed by atoms with Crippen molar-refractivity contribution in [2.75, 3.05) is 53.4 Å². The molecule has 66 heavy (non-hydrogen) atoms. The molecule has 348 valence electrons. The van der Waals surface area contributed by atoms with Crippen molar-refractivity contribution >= 4 is 34.6 Å². The Morgan fingerprint density at radius 3 is 1.62 bits per heavy atom. The number of hydrogen-bond donors (Lipinski definition) is 0. The summed E-state index contributed by atoms with van der Waals surface area (Å²) in [4.78, 5) is 50.2. The van der Waals surface area contributed by atoms with Crippen molar-refractivity contribution in [1.29, 1.82) is 0 Å². The Kier molecular flexibility index (Phi) is 18.6. The average molecular weight is 903 g/mol. The Labute approximate surface area is 385 Å². The van der Waals surface area contributed by atoms with Crippen LogP contribution in [0.1, 0.15) is 95.8 Å². The van der Waals surface area contributed by atoms with E-state index in [1.54, 1.807) is 84.9 Å². The zero-order valence-electron chi connectivity index (χ0n) is 37.7.